The van der Waals surface area contributed by atoms with Gasteiger partial charge in [-0.05, 0) is 58.1 Å². The smallest absolute Gasteiger partial charge is 0.410 e. The van der Waals surface area contributed by atoms with Gasteiger partial charge in [-0.2, -0.15) is 0 Å². The Morgan fingerprint density at radius 3 is 2.58 bits per heavy atom. The molecule has 2 atom stereocenters. The lowest BCUT2D eigenvalue weighted by Gasteiger charge is -2.28. The minimum Gasteiger partial charge on any atom is -0.465 e. The number of thiophene rings is 1. The van der Waals surface area contributed by atoms with Crippen LogP contribution < -0.4 is 0 Å². The van der Waals surface area contributed by atoms with Crippen LogP contribution in [0.15, 0.2) is 12.1 Å². The lowest BCUT2D eigenvalue weighted by molar-refractivity contribution is 0.0220. The van der Waals surface area contributed by atoms with Gasteiger partial charge in [0.05, 0.1) is 7.11 Å². The van der Waals surface area contributed by atoms with Crippen molar-refractivity contribution in [1.82, 2.24) is 4.90 Å². The number of rotatable bonds is 5. The van der Waals surface area contributed by atoms with Gasteiger partial charge in [-0.1, -0.05) is 0 Å². The molecule has 1 aromatic heterocycles. The van der Waals surface area contributed by atoms with Gasteiger partial charge in [0.15, 0.2) is 0 Å². The largest absolute Gasteiger partial charge is 0.465 e. The number of ether oxygens (including phenoxy) is 2. The van der Waals surface area contributed by atoms with Crippen LogP contribution >= 0.6 is 11.3 Å². The van der Waals surface area contributed by atoms with E-state index in [2.05, 4.69) is 0 Å². The Balaban J connectivity index is 1.67. The lowest BCUT2D eigenvalue weighted by atomic mass is 10.2. The quantitative estimate of drug-likeness (QED) is 0.751. The molecule has 2 aliphatic carbocycles. The topological polar surface area (TPSA) is 55.8 Å². The van der Waals surface area contributed by atoms with Gasteiger partial charge in [-0.15, -0.1) is 11.3 Å². The summed E-state index contributed by atoms with van der Waals surface area (Å²) in [6.07, 6.45) is 3.11. The van der Waals surface area contributed by atoms with Crippen molar-refractivity contribution in [3.8, 4) is 0 Å². The van der Waals surface area contributed by atoms with Crippen LogP contribution in [0, 0.1) is 5.92 Å². The number of hydrogen-bond donors (Lipinski definition) is 0. The maximum atomic E-state index is 12.6. The highest BCUT2D eigenvalue weighted by molar-refractivity contribution is 7.14. The van der Waals surface area contributed by atoms with Crippen molar-refractivity contribution in [3.05, 3.63) is 21.9 Å². The van der Waals surface area contributed by atoms with Gasteiger partial charge in [-0.25, -0.2) is 9.59 Å². The summed E-state index contributed by atoms with van der Waals surface area (Å²) in [5, 5.41) is 0. The molecule has 0 aromatic carbocycles. The minimum atomic E-state index is -0.482. The molecule has 2 fully saturated rings. The molecule has 0 radical (unpaired) electrons. The fourth-order valence-electron chi connectivity index (χ4n) is 2.84. The highest BCUT2D eigenvalue weighted by atomic mass is 32.1. The third kappa shape index (κ3) is 4.09. The molecule has 2 unspecified atom stereocenters. The summed E-state index contributed by atoms with van der Waals surface area (Å²) >= 11 is 1.46. The van der Waals surface area contributed by atoms with Gasteiger partial charge < -0.3 is 14.4 Å². The van der Waals surface area contributed by atoms with Crippen LogP contribution in [0.5, 0.6) is 0 Å². The van der Waals surface area contributed by atoms with Gasteiger partial charge in [0.25, 0.3) is 0 Å². The molecule has 0 N–H and O–H groups in total. The Hall–Kier alpha value is -1.56. The highest BCUT2D eigenvalue weighted by Crippen LogP contribution is 2.48. The van der Waals surface area contributed by atoms with Gasteiger partial charge in [0, 0.05) is 23.4 Å². The normalized spacial score (nSPS) is 22.8. The van der Waals surface area contributed by atoms with E-state index in [9.17, 15) is 9.59 Å². The first-order valence-electron chi connectivity index (χ1n) is 8.46. The van der Waals surface area contributed by atoms with Crippen LogP contribution in [0.2, 0.25) is 0 Å². The summed E-state index contributed by atoms with van der Waals surface area (Å²) < 4.78 is 10.4. The van der Waals surface area contributed by atoms with Crippen LogP contribution in [0.3, 0.4) is 0 Å². The molecule has 132 valence electrons. The molecule has 1 heterocycles. The summed E-state index contributed by atoms with van der Waals surface area (Å²) in [5.41, 5.74) is -0.482. The molecule has 5 nitrogen and oxygen atoms in total. The summed E-state index contributed by atoms with van der Waals surface area (Å²) in [6.45, 7) is 6.47. The second-order valence-corrected chi connectivity index (χ2v) is 8.79. The fraction of sp³-hybridized carbons (Fsp3) is 0.667. The van der Waals surface area contributed by atoms with Crippen molar-refractivity contribution >= 4 is 23.4 Å². The zero-order chi connectivity index (χ0) is 17.5. The summed E-state index contributed by atoms with van der Waals surface area (Å²) in [4.78, 5) is 27.8. The van der Waals surface area contributed by atoms with Crippen LogP contribution in [-0.2, 0) is 9.47 Å². The molecule has 1 aromatic rings. The Morgan fingerprint density at radius 2 is 2.00 bits per heavy atom. The second kappa shape index (κ2) is 6.39. The number of methoxy groups -OCH3 is 1. The predicted molar refractivity (Wildman–Crippen MR) is 92.5 cm³/mol. The van der Waals surface area contributed by atoms with Gasteiger partial charge >= 0.3 is 12.1 Å². The molecule has 1 amide bonds. The van der Waals surface area contributed by atoms with Crippen molar-refractivity contribution in [2.75, 3.05) is 13.7 Å². The highest BCUT2D eigenvalue weighted by Gasteiger charge is 2.48. The van der Waals surface area contributed by atoms with Gasteiger partial charge in [0.1, 0.15) is 10.5 Å². The van der Waals surface area contributed by atoms with Crippen molar-refractivity contribution in [2.45, 2.75) is 57.6 Å². The van der Waals surface area contributed by atoms with Crippen molar-refractivity contribution in [2.24, 2.45) is 5.92 Å². The fourth-order valence-corrected chi connectivity index (χ4v) is 3.94. The molecular formula is C18H25NO4S. The van der Waals surface area contributed by atoms with E-state index in [4.69, 9.17) is 9.47 Å². The summed E-state index contributed by atoms with van der Waals surface area (Å²) in [5.74, 6) is 0.623. The second-order valence-electron chi connectivity index (χ2n) is 7.68. The molecule has 0 aliphatic heterocycles. The monoisotopic (exact) mass is 351 g/mol. The van der Waals surface area contributed by atoms with Crippen molar-refractivity contribution in [3.63, 3.8) is 0 Å². The number of amides is 1. The number of nitrogens with zero attached hydrogens (tertiary/aromatic N) is 1. The van der Waals surface area contributed by atoms with E-state index in [1.54, 1.807) is 6.07 Å². The number of hydrogen-bond acceptors (Lipinski definition) is 5. The molecule has 2 saturated carbocycles. The first kappa shape index (κ1) is 17.3. The molecule has 24 heavy (non-hydrogen) atoms. The third-order valence-corrected chi connectivity index (χ3v) is 5.51. The molecule has 2 aliphatic rings. The van der Waals surface area contributed by atoms with E-state index in [0.29, 0.717) is 16.7 Å². The number of carbonyl (C=O) groups is 2. The molecule has 0 saturated heterocycles. The van der Waals surface area contributed by atoms with Crippen LogP contribution in [0.1, 0.15) is 60.5 Å². The minimum absolute atomic E-state index is 0.185. The molecular weight excluding hydrogens is 326 g/mol. The average molecular weight is 351 g/mol. The molecule has 0 bridgehead atoms. The first-order chi connectivity index (χ1) is 11.3. The zero-order valence-corrected chi connectivity index (χ0v) is 15.5. The third-order valence-electron chi connectivity index (χ3n) is 4.32. The standard InChI is InChI=1S/C18H25NO4S/c1-18(2,3)23-17(21)19(10-11-5-6-11)13-9-12(13)14-7-8-15(24-14)16(20)22-4/h7-8,11-13H,5-6,9-10H2,1-4H3. The first-order valence-corrected chi connectivity index (χ1v) is 9.28. The summed E-state index contributed by atoms with van der Waals surface area (Å²) in [7, 11) is 1.39. The van der Waals surface area contributed by atoms with E-state index in [0.717, 1.165) is 17.8 Å². The Morgan fingerprint density at radius 1 is 1.29 bits per heavy atom. The maximum absolute atomic E-state index is 12.6. The summed E-state index contributed by atoms with van der Waals surface area (Å²) in [6, 6.07) is 3.97. The van der Waals surface area contributed by atoms with Crippen molar-refractivity contribution in [1.29, 1.82) is 0 Å². The van der Waals surface area contributed by atoms with E-state index in [1.165, 1.54) is 31.3 Å². The maximum Gasteiger partial charge on any atom is 0.410 e. The molecule has 0 spiro atoms. The van der Waals surface area contributed by atoms with E-state index < -0.39 is 5.60 Å². The van der Waals surface area contributed by atoms with Crippen LogP contribution in [-0.4, -0.2) is 42.3 Å². The van der Waals surface area contributed by atoms with E-state index in [1.807, 2.05) is 31.7 Å². The SMILES string of the molecule is COC(=O)c1ccc(C2CC2N(CC2CC2)C(=O)OC(C)(C)C)s1. The Bertz CT molecular complexity index is 629. The van der Waals surface area contributed by atoms with Crippen molar-refractivity contribution < 1.29 is 19.1 Å². The molecule has 3 rings (SSSR count). The molecule has 6 heteroatoms. The van der Waals surface area contributed by atoms with E-state index >= 15 is 0 Å². The Kier molecular flexibility index (Phi) is 4.60. The van der Waals surface area contributed by atoms with E-state index in [-0.39, 0.29) is 18.1 Å². The number of carbonyl (C=O) groups excluding carboxylic acids is 2. The zero-order valence-electron chi connectivity index (χ0n) is 14.7. The van der Waals surface area contributed by atoms with Gasteiger partial charge in [-0.3, -0.25) is 0 Å². The number of esters is 1. The van der Waals surface area contributed by atoms with Crippen LogP contribution in [0.4, 0.5) is 4.79 Å². The Labute approximate surface area is 146 Å². The van der Waals surface area contributed by atoms with Crippen LogP contribution in [0.25, 0.3) is 0 Å². The predicted octanol–water partition coefficient (Wildman–Crippen LogP) is 4.04. The van der Waals surface area contributed by atoms with Gasteiger partial charge in [0.2, 0.25) is 0 Å². The lowest BCUT2D eigenvalue weighted by Crippen LogP contribution is -2.40. The average Bonchev–Trinajstić information content (AvgIpc) is 3.41.